The van der Waals surface area contributed by atoms with Crippen LogP contribution < -0.4 is 0 Å². The van der Waals surface area contributed by atoms with Crippen LogP contribution in [0.1, 0.15) is 45.4 Å². The van der Waals surface area contributed by atoms with E-state index in [1.54, 1.807) is 7.11 Å². The van der Waals surface area contributed by atoms with Crippen molar-refractivity contribution in [3.05, 3.63) is 0 Å². The van der Waals surface area contributed by atoms with Crippen LogP contribution in [-0.2, 0) is 19.1 Å². The van der Waals surface area contributed by atoms with E-state index in [2.05, 4.69) is 16.7 Å². The molecule has 154 valence electrons. The van der Waals surface area contributed by atoms with Gasteiger partial charge in [-0.2, -0.15) is 0 Å². The van der Waals surface area contributed by atoms with Gasteiger partial charge in [0.15, 0.2) is 0 Å². The summed E-state index contributed by atoms with van der Waals surface area (Å²) in [6, 6.07) is 1.15. The first-order valence-corrected chi connectivity index (χ1v) is 9.83. The molecule has 2 saturated heterocycles. The zero-order valence-corrected chi connectivity index (χ0v) is 16.3. The van der Waals surface area contributed by atoms with Crippen LogP contribution in [0.5, 0.6) is 0 Å². The molecule has 3 fully saturated rings. The number of fused-ring (bicyclic) bond motifs is 2. The number of nitrogens with zero attached hydrogens (tertiary/aromatic N) is 2. The Bertz CT molecular complexity index is 506. The van der Waals surface area contributed by atoms with Crippen molar-refractivity contribution < 1.29 is 29.3 Å². The minimum atomic E-state index is -1.82. The summed E-state index contributed by atoms with van der Waals surface area (Å²) in [5.41, 5.74) is 0. The van der Waals surface area contributed by atoms with Gasteiger partial charge in [0.25, 0.3) is 0 Å². The molecule has 1 amide bonds. The molecule has 2 aliphatic heterocycles. The van der Waals surface area contributed by atoms with Crippen LogP contribution in [0.4, 0.5) is 0 Å². The highest BCUT2D eigenvalue weighted by Crippen LogP contribution is 2.34. The molecule has 2 bridgehead atoms. The van der Waals surface area contributed by atoms with Crippen LogP contribution in [0.2, 0.25) is 0 Å². The number of rotatable bonds is 4. The predicted molar refractivity (Wildman–Crippen MR) is 98.4 cm³/mol. The second kappa shape index (κ2) is 10.0. The molecule has 8 nitrogen and oxygen atoms in total. The first-order chi connectivity index (χ1) is 12.8. The number of ether oxygens (including phenoxy) is 1. The van der Waals surface area contributed by atoms with E-state index in [9.17, 15) is 4.79 Å². The van der Waals surface area contributed by atoms with E-state index in [0.29, 0.717) is 23.9 Å². The summed E-state index contributed by atoms with van der Waals surface area (Å²) in [5, 5.41) is 14.8. The standard InChI is InChI=1S/C17H30N2O2.C2H2O4/c1-13-3-5-14(6-4-13)17(20)18-11-15-7-8-16(12-18)19(15)9-10-21-2;3-1(4)2(5)6/h13-16H,3-12H2,1-2H3;(H,3,4)(H,5,6). The second-order valence-electron chi connectivity index (χ2n) is 7.93. The lowest BCUT2D eigenvalue weighted by Crippen LogP contribution is -2.57. The van der Waals surface area contributed by atoms with Gasteiger partial charge in [0.2, 0.25) is 5.91 Å². The lowest BCUT2D eigenvalue weighted by molar-refractivity contribution is -0.159. The average molecular weight is 384 g/mol. The van der Waals surface area contributed by atoms with E-state index in [0.717, 1.165) is 45.0 Å². The van der Waals surface area contributed by atoms with Crippen molar-refractivity contribution in [2.24, 2.45) is 11.8 Å². The third kappa shape index (κ3) is 5.90. The minimum absolute atomic E-state index is 0.311. The molecule has 0 aromatic rings. The Morgan fingerprint density at radius 2 is 1.44 bits per heavy atom. The number of carboxylic acid groups (broad SMARTS) is 2. The maximum Gasteiger partial charge on any atom is 0.414 e. The van der Waals surface area contributed by atoms with Gasteiger partial charge in [-0.05, 0) is 44.4 Å². The smallest absolute Gasteiger partial charge is 0.414 e. The summed E-state index contributed by atoms with van der Waals surface area (Å²) >= 11 is 0. The van der Waals surface area contributed by atoms with Crippen molar-refractivity contribution in [1.29, 1.82) is 0 Å². The molecular formula is C19H32N2O6. The third-order valence-electron chi connectivity index (χ3n) is 6.05. The molecule has 2 heterocycles. The quantitative estimate of drug-likeness (QED) is 0.703. The molecule has 0 radical (unpaired) electrons. The van der Waals surface area contributed by atoms with Crippen LogP contribution in [0.3, 0.4) is 0 Å². The van der Waals surface area contributed by atoms with Crippen molar-refractivity contribution in [3.8, 4) is 0 Å². The molecule has 27 heavy (non-hydrogen) atoms. The fourth-order valence-corrected chi connectivity index (χ4v) is 4.50. The van der Waals surface area contributed by atoms with E-state index in [1.165, 1.54) is 25.7 Å². The summed E-state index contributed by atoms with van der Waals surface area (Å²) in [6.07, 6.45) is 7.19. The fourth-order valence-electron chi connectivity index (χ4n) is 4.50. The van der Waals surface area contributed by atoms with Crippen molar-refractivity contribution in [2.45, 2.75) is 57.5 Å². The average Bonchev–Trinajstić information content (AvgIpc) is 2.87. The molecule has 8 heteroatoms. The molecule has 3 rings (SSSR count). The molecule has 2 atom stereocenters. The van der Waals surface area contributed by atoms with Gasteiger partial charge in [-0.15, -0.1) is 0 Å². The van der Waals surface area contributed by atoms with Gasteiger partial charge in [0.1, 0.15) is 0 Å². The number of amides is 1. The maximum absolute atomic E-state index is 12.8. The number of carbonyl (C=O) groups excluding carboxylic acids is 1. The Labute approximate surface area is 160 Å². The number of likely N-dealkylation sites (tertiary alicyclic amines) is 1. The summed E-state index contributed by atoms with van der Waals surface area (Å²) < 4.78 is 5.23. The Morgan fingerprint density at radius 1 is 0.926 bits per heavy atom. The Hall–Kier alpha value is -1.67. The van der Waals surface area contributed by atoms with E-state index >= 15 is 0 Å². The molecule has 3 aliphatic rings. The van der Waals surface area contributed by atoms with E-state index in [1.807, 2.05) is 0 Å². The summed E-state index contributed by atoms with van der Waals surface area (Å²) in [7, 11) is 1.77. The minimum Gasteiger partial charge on any atom is -0.473 e. The molecule has 0 spiro atoms. The van der Waals surface area contributed by atoms with Gasteiger partial charge in [0.05, 0.1) is 6.61 Å². The van der Waals surface area contributed by atoms with E-state index in [-0.39, 0.29) is 0 Å². The largest absolute Gasteiger partial charge is 0.473 e. The molecule has 2 unspecified atom stereocenters. The Morgan fingerprint density at radius 3 is 1.89 bits per heavy atom. The Kier molecular flexibility index (Phi) is 8.04. The van der Waals surface area contributed by atoms with Crippen LogP contribution >= 0.6 is 0 Å². The Balaban J connectivity index is 0.000000380. The zero-order valence-electron chi connectivity index (χ0n) is 16.3. The molecule has 0 aromatic carbocycles. The molecule has 2 N–H and O–H groups in total. The highest BCUT2D eigenvalue weighted by Gasteiger charge is 2.42. The third-order valence-corrected chi connectivity index (χ3v) is 6.05. The van der Waals surface area contributed by atoms with Gasteiger partial charge in [0, 0.05) is 44.7 Å². The number of carboxylic acids is 2. The van der Waals surface area contributed by atoms with Crippen molar-refractivity contribution in [3.63, 3.8) is 0 Å². The molecule has 1 aliphatic carbocycles. The monoisotopic (exact) mass is 384 g/mol. The van der Waals surface area contributed by atoms with Gasteiger partial charge in [-0.25, -0.2) is 9.59 Å². The highest BCUT2D eigenvalue weighted by atomic mass is 16.5. The topological polar surface area (TPSA) is 107 Å². The number of aliphatic carboxylic acids is 2. The van der Waals surface area contributed by atoms with Crippen LogP contribution in [0.25, 0.3) is 0 Å². The van der Waals surface area contributed by atoms with Crippen molar-refractivity contribution in [1.82, 2.24) is 9.80 Å². The van der Waals surface area contributed by atoms with Gasteiger partial charge in [-0.3, -0.25) is 9.69 Å². The molecular weight excluding hydrogens is 352 g/mol. The van der Waals surface area contributed by atoms with Crippen LogP contribution in [0, 0.1) is 11.8 Å². The first-order valence-electron chi connectivity index (χ1n) is 9.83. The number of carbonyl (C=O) groups is 3. The summed E-state index contributed by atoms with van der Waals surface area (Å²) in [4.78, 5) is 35.7. The number of piperazine rings is 1. The predicted octanol–water partition coefficient (Wildman–Crippen LogP) is 1.29. The summed E-state index contributed by atoms with van der Waals surface area (Å²) in [5.74, 6) is -2.07. The van der Waals surface area contributed by atoms with E-state index in [4.69, 9.17) is 24.5 Å². The number of hydrogen-bond acceptors (Lipinski definition) is 5. The molecule has 1 saturated carbocycles. The first kappa shape index (κ1) is 21.6. The fraction of sp³-hybridized carbons (Fsp3) is 0.842. The second-order valence-corrected chi connectivity index (χ2v) is 7.93. The highest BCUT2D eigenvalue weighted by molar-refractivity contribution is 6.27. The van der Waals surface area contributed by atoms with Crippen molar-refractivity contribution in [2.75, 3.05) is 33.4 Å². The zero-order chi connectivity index (χ0) is 20.0. The lowest BCUT2D eigenvalue weighted by atomic mass is 9.82. The lowest BCUT2D eigenvalue weighted by Gasteiger charge is -2.42. The SMILES string of the molecule is COCCN1C2CCC1CN(C(=O)C1CCC(C)CC1)C2.O=C(O)C(=O)O. The number of hydrogen-bond donors (Lipinski definition) is 2. The van der Waals surface area contributed by atoms with Gasteiger partial charge >= 0.3 is 11.9 Å². The van der Waals surface area contributed by atoms with Crippen LogP contribution in [-0.4, -0.2) is 83.3 Å². The summed E-state index contributed by atoms with van der Waals surface area (Å²) in [6.45, 7) is 6.04. The van der Waals surface area contributed by atoms with Gasteiger partial charge < -0.3 is 19.8 Å². The van der Waals surface area contributed by atoms with E-state index < -0.39 is 11.9 Å². The van der Waals surface area contributed by atoms with Crippen molar-refractivity contribution >= 4 is 17.8 Å². The van der Waals surface area contributed by atoms with Gasteiger partial charge in [-0.1, -0.05) is 6.92 Å². The molecule has 0 aromatic heterocycles. The number of methoxy groups -OCH3 is 1. The normalized spacial score (nSPS) is 30.4. The maximum atomic E-state index is 12.8. The van der Waals surface area contributed by atoms with Crippen LogP contribution in [0.15, 0.2) is 0 Å².